The third-order valence-electron chi connectivity index (χ3n) is 2.20. The van der Waals surface area contributed by atoms with Crippen LogP contribution in [0.3, 0.4) is 0 Å². The molecule has 94 valence electrons. The molecular weight excluding hydrogens is 220 g/mol. The first-order valence-corrected chi connectivity index (χ1v) is 5.63. The first kappa shape index (κ1) is 13.3. The Labute approximate surface area is 101 Å². The molecule has 0 bridgehead atoms. The summed E-state index contributed by atoms with van der Waals surface area (Å²) in [6.45, 7) is 6.22. The smallest absolute Gasteiger partial charge is 0.287 e. The Morgan fingerprint density at radius 3 is 2.41 bits per heavy atom. The molecule has 0 saturated heterocycles. The van der Waals surface area contributed by atoms with Gasteiger partial charge in [0.05, 0.1) is 0 Å². The fraction of sp³-hybridized carbons (Fsp3) is 0.500. The summed E-state index contributed by atoms with van der Waals surface area (Å²) < 4.78 is 5.16. The molecule has 1 heterocycles. The highest BCUT2D eigenvalue weighted by molar-refractivity contribution is 5.91. The lowest BCUT2D eigenvalue weighted by molar-refractivity contribution is -0.123. The molecule has 0 unspecified atom stereocenters. The number of hydrogen-bond donors (Lipinski definition) is 2. The zero-order chi connectivity index (χ0) is 12.8. The molecule has 0 aliphatic carbocycles. The molecular formula is C12H18N2O3. The summed E-state index contributed by atoms with van der Waals surface area (Å²) in [6.07, 6.45) is 0. The molecule has 2 amide bonds. The summed E-state index contributed by atoms with van der Waals surface area (Å²) in [5, 5.41) is 5.37. The van der Waals surface area contributed by atoms with E-state index in [1.807, 2.05) is 13.8 Å². The van der Waals surface area contributed by atoms with Crippen molar-refractivity contribution in [3.05, 3.63) is 23.7 Å². The number of hydrogen-bond acceptors (Lipinski definition) is 3. The minimum Gasteiger partial charge on any atom is -0.456 e. The van der Waals surface area contributed by atoms with Crippen LogP contribution in [0.5, 0.6) is 0 Å². The third-order valence-corrected chi connectivity index (χ3v) is 2.20. The quantitative estimate of drug-likeness (QED) is 0.754. The van der Waals surface area contributed by atoms with Crippen molar-refractivity contribution in [3.8, 4) is 0 Å². The number of amides is 2. The van der Waals surface area contributed by atoms with E-state index in [4.69, 9.17) is 4.42 Å². The van der Waals surface area contributed by atoms with E-state index in [1.54, 1.807) is 19.1 Å². The van der Waals surface area contributed by atoms with Crippen molar-refractivity contribution < 1.29 is 14.0 Å². The Hall–Kier alpha value is -1.78. The number of carbonyl (C=O) groups excluding carboxylic acids is 2. The summed E-state index contributed by atoms with van der Waals surface area (Å²) in [5.74, 6) is 0.657. The van der Waals surface area contributed by atoms with Gasteiger partial charge in [-0.05, 0) is 19.1 Å². The summed E-state index contributed by atoms with van der Waals surface area (Å²) in [6, 6.07) is 3.35. The molecule has 5 heteroatoms. The molecule has 17 heavy (non-hydrogen) atoms. The average molecular weight is 238 g/mol. The van der Waals surface area contributed by atoms with E-state index < -0.39 is 0 Å². The minimum absolute atomic E-state index is 0.0203. The molecule has 0 radical (unpaired) electrons. The Balaban J connectivity index is 2.23. The molecule has 0 saturated carbocycles. The van der Waals surface area contributed by atoms with E-state index in [0.717, 1.165) is 0 Å². The van der Waals surface area contributed by atoms with E-state index in [-0.39, 0.29) is 23.5 Å². The van der Waals surface area contributed by atoms with Gasteiger partial charge < -0.3 is 15.1 Å². The second-order valence-corrected chi connectivity index (χ2v) is 4.11. The Morgan fingerprint density at radius 2 is 1.88 bits per heavy atom. The van der Waals surface area contributed by atoms with Gasteiger partial charge in [-0.15, -0.1) is 0 Å². The number of rotatable bonds is 5. The van der Waals surface area contributed by atoms with Crippen molar-refractivity contribution in [1.29, 1.82) is 0 Å². The van der Waals surface area contributed by atoms with Crippen LogP contribution in [0.4, 0.5) is 0 Å². The second kappa shape index (κ2) is 6.08. The zero-order valence-corrected chi connectivity index (χ0v) is 10.4. The number of furan rings is 1. The Morgan fingerprint density at radius 1 is 1.24 bits per heavy atom. The van der Waals surface area contributed by atoms with Crippen LogP contribution in [-0.4, -0.2) is 24.9 Å². The molecule has 1 aromatic rings. The van der Waals surface area contributed by atoms with Crippen LogP contribution in [0.25, 0.3) is 0 Å². The predicted octanol–water partition coefficient (Wildman–Crippen LogP) is 1.09. The van der Waals surface area contributed by atoms with E-state index in [9.17, 15) is 9.59 Å². The lowest BCUT2D eigenvalue weighted by Gasteiger charge is -2.07. The SMILES string of the molecule is Cc1ccc(C(=O)NCCNC(=O)C(C)C)o1. The van der Waals surface area contributed by atoms with Crippen molar-refractivity contribution in [2.24, 2.45) is 5.92 Å². The van der Waals surface area contributed by atoms with Crippen molar-refractivity contribution in [2.45, 2.75) is 20.8 Å². The van der Waals surface area contributed by atoms with Gasteiger partial charge in [-0.1, -0.05) is 13.8 Å². The predicted molar refractivity (Wildman–Crippen MR) is 63.6 cm³/mol. The van der Waals surface area contributed by atoms with E-state index in [0.29, 0.717) is 18.8 Å². The normalized spacial score (nSPS) is 10.4. The number of nitrogens with one attached hydrogen (secondary N) is 2. The van der Waals surface area contributed by atoms with Gasteiger partial charge >= 0.3 is 0 Å². The lowest BCUT2D eigenvalue weighted by Crippen LogP contribution is -2.36. The van der Waals surface area contributed by atoms with Gasteiger partial charge in [0.25, 0.3) is 5.91 Å². The van der Waals surface area contributed by atoms with Gasteiger partial charge in [-0.3, -0.25) is 9.59 Å². The van der Waals surface area contributed by atoms with Crippen LogP contribution in [0.15, 0.2) is 16.5 Å². The Kier molecular flexibility index (Phi) is 4.75. The summed E-state index contributed by atoms with van der Waals surface area (Å²) in [7, 11) is 0. The highest BCUT2D eigenvalue weighted by atomic mass is 16.3. The van der Waals surface area contributed by atoms with Crippen LogP contribution in [0.2, 0.25) is 0 Å². The summed E-state index contributed by atoms with van der Waals surface area (Å²) >= 11 is 0. The summed E-state index contributed by atoms with van der Waals surface area (Å²) in [5.41, 5.74) is 0. The second-order valence-electron chi connectivity index (χ2n) is 4.11. The molecule has 0 spiro atoms. The molecule has 0 atom stereocenters. The van der Waals surface area contributed by atoms with Gasteiger partial charge in [0.15, 0.2) is 5.76 Å². The van der Waals surface area contributed by atoms with E-state index in [2.05, 4.69) is 10.6 Å². The zero-order valence-electron chi connectivity index (χ0n) is 10.4. The molecule has 0 aromatic carbocycles. The largest absolute Gasteiger partial charge is 0.456 e. The fourth-order valence-electron chi connectivity index (χ4n) is 1.21. The van der Waals surface area contributed by atoms with E-state index >= 15 is 0 Å². The van der Waals surface area contributed by atoms with Crippen LogP contribution >= 0.6 is 0 Å². The Bertz CT molecular complexity index is 396. The maximum absolute atomic E-state index is 11.5. The molecule has 0 fully saturated rings. The highest BCUT2D eigenvalue weighted by Gasteiger charge is 2.09. The monoisotopic (exact) mass is 238 g/mol. The van der Waals surface area contributed by atoms with Crippen LogP contribution in [-0.2, 0) is 4.79 Å². The first-order valence-electron chi connectivity index (χ1n) is 5.63. The van der Waals surface area contributed by atoms with Gasteiger partial charge in [-0.25, -0.2) is 0 Å². The van der Waals surface area contributed by atoms with Crippen LogP contribution < -0.4 is 10.6 Å². The number of carbonyl (C=O) groups is 2. The van der Waals surface area contributed by atoms with Gasteiger partial charge in [0, 0.05) is 19.0 Å². The van der Waals surface area contributed by atoms with Crippen LogP contribution in [0, 0.1) is 12.8 Å². The highest BCUT2D eigenvalue weighted by Crippen LogP contribution is 2.05. The number of aryl methyl sites for hydroxylation is 1. The molecule has 1 aromatic heterocycles. The fourth-order valence-corrected chi connectivity index (χ4v) is 1.21. The molecule has 2 N–H and O–H groups in total. The maximum Gasteiger partial charge on any atom is 0.287 e. The van der Waals surface area contributed by atoms with Gasteiger partial charge in [-0.2, -0.15) is 0 Å². The van der Waals surface area contributed by atoms with Crippen molar-refractivity contribution >= 4 is 11.8 Å². The third kappa shape index (κ3) is 4.30. The van der Waals surface area contributed by atoms with Gasteiger partial charge in [0.1, 0.15) is 5.76 Å². The topological polar surface area (TPSA) is 71.3 Å². The van der Waals surface area contributed by atoms with E-state index in [1.165, 1.54) is 0 Å². The minimum atomic E-state index is -0.267. The average Bonchev–Trinajstić information content (AvgIpc) is 2.70. The van der Waals surface area contributed by atoms with Crippen LogP contribution in [0.1, 0.15) is 30.2 Å². The van der Waals surface area contributed by atoms with Crippen molar-refractivity contribution in [3.63, 3.8) is 0 Å². The summed E-state index contributed by atoms with van der Waals surface area (Å²) in [4.78, 5) is 22.7. The maximum atomic E-state index is 11.5. The standard InChI is InChI=1S/C12H18N2O3/c1-8(2)11(15)13-6-7-14-12(16)10-5-4-9(3)17-10/h4-5,8H,6-7H2,1-3H3,(H,13,15)(H,14,16). The molecule has 0 aliphatic heterocycles. The molecule has 0 aliphatic rings. The van der Waals surface area contributed by atoms with Gasteiger partial charge in [0.2, 0.25) is 5.91 Å². The molecule has 5 nitrogen and oxygen atoms in total. The lowest BCUT2D eigenvalue weighted by atomic mass is 10.2. The first-order chi connectivity index (χ1) is 8.00. The van der Waals surface area contributed by atoms with Crippen molar-refractivity contribution in [1.82, 2.24) is 10.6 Å². The van der Waals surface area contributed by atoms with Crippen molar-refractivity contribution in [2.75, 3.05) is 13.1 Å². The molecule has 1 rings (SSSR count).